The van der Waals surface area contributed by atoms with E-state index in [2.05, 4.69) is 55.0 Å². The van der Waals surface area contributed by atoms with Gasteiger partial charge in [-0.3, -0.25) is 4.90 Å². The molecule has 2 heteroatoms. The minimum absolute atomic E-state index is 0.494. The highest BCUT2D eigenvalue weighted by Gasteiger charge is 2.28. The Hall–Kier alpha value is -1.28. The van der Waals surface area contributed by atoms with Crippen molar-refractivity contribution < 1.29 is 0 Å². The summed E-state index contributed by atoms with van der Waals surface area (Å²) >= 11 is 0. The number of nitrogens with zero attached hydrogens (tertiary/aromatic N) is 1. The summed E-state index contributed by atoms with van der Waals surface area (Å²) in [5, 5.41) is 3.46. The van der Waals surface area contributed by atoms with Gasteiger partial charge < -0.3 is 5.32 Å². The monoisotopic (exact) mass is 230 g/mol. The minimum atomic E-state index is 0.494. The summed E-state index contributed by atoms with van der Waals surface area (Å²) in [4.78, 5) is 2.42. The number of benzene rings is 1. The summed E-state index contributed by atoms with van der Waals surface area (Å²) in [5.74, 6) is 0. The van der Waals surface area contributed by atoms with Crippen molar-refractivity contribution in [3.8, 4) is 0 Å². The Morgan fingerprint density at radius 2 is 2.06 bits per heavy atom. The van der Waals surface area contributed by atoms with Crippen molar-refractivity contribution in [1.29, 1.82) is 0 Å². The summed E-state index contributed by atoms with van der Waals surface area (Å²) in [6.45, 7) is 7.34. The van der Waals surface area contributed by atoms with Gasteiger partial charge in [0.25, 0.3) is 0 Å². The first kappa shape index (κ1) is 12.2. The van der Waals surface area contributed by atoms with Crippen LogP contribution in [-0.2, 0) is 6.54 Å². The van der Waals surface area contributed by atoms with Crippen LogP contribution in [0.2, 0.25) is 0 Å². The maximum atomic E-state index is 4.18. The first-order chi connectivity index (χ1) is 8.18. The summed E-state index contributed by atoms with van der Waals surface area (Å²) in [6.07, 6.45) is 2.49. The molecule has 1 saturated heterocycles. The Bertz CT molecular complexity index is 372. The number of nitrogens with one attached hydrogen (secondary N) is 1. The van der Waals surface area contributed by atoms with Crippen LogP contribution >= 0.6 is 0 Å². The third-order valence-electron chi connectivity index (χ3n) is 3.81. The Kier molecular flexibility index (Phi) is 3.85. The van der Waals surface area contributed by atoms with Crippen LogP contribution in [0.15, 0.2) is 42.6 Å². The third kappa shape index (κ3) is 2.89. The van der Waals surface area contributed by atoms with Crippen molar-refractivity contribution in [2.75, 3.05) is 7.05 Å². The SMILES string of the molecule is C=C(NCc1ccccc1)C1CCC(C)N1C. The molecule has 0 spiro atoms. The Labute approximate surface area is 104 Å². The van der Waals surface area contributed by atoms with Gasteiger partial charge in [-0.05, 0) is 32.4 Å². The second kappa shape index (κ2) is 5.37. The van der Waals surface area contributed by atoms with E-state index in [0.717, 1.165) is 12.2 Å². The summed E-state index contributed by atoms with van der Waals surface area (Å²) in [5.41, 5.74) is 2.46. The van der Waals surface area contributed by atoms with E-state index in [9.17, 15) is 0 Å². The molecule has 1 N–H and O–H groups in total. The average Bonchev–Trinajstić information content (AvgIpc) is 2.69. The van der Waals surface area contributed by atoms with Gasteiger partial charge in [0.15, 0.2) is 0 Å². The van der Waals surface area contributed by atoms with Gasteiger partial charge in [-0.15, -0.1) is 0 Å². The summed E-state index contributed by atoms with van der Waals surface area (Å²) < 4.78 is 0. The van der Waals surface area contributed by atoms with Gasteiger partial charge in [-0.1, -0.05) is 36.9 Å². The van der Waals surface area contributed by atoms with E-state index < -0.39 is 0 Å². The van der Waals surface area contributed by atoms with Crippen LogP contribution in [0.4, 0.5) is 0 Å². The van der Waals surface area contributed by atoms with E-state index in [1.807, 2.05) is 6.07 Å². The second-order valence-electron chi connectivity index (χ2n) is 4.97. The summed E-state index contributed by atoms with van der Waals surface area (Å²) in [6, 6.07) is 11.6. The van der Waals surface area contributed by atoms with Crippen molar-refractivity contribution in [2.24, 2.45) is 0 Å². The predicted molar refractivity (Wildman–Crippen MR) is 72.7 cm³/mol. The normalized spacial score (nSPS) is 24.8. The zero-order valence-electron chi connectivity index (χ0n) is 10.8. The molecule has 0 radical (unpaired) electrons. The van der Waals surface area contributed by atoms with Crippen LogP contribution in [0.25, 0.3) is 0 Å². The molecule has 1 fully saturated rings. The predicted octanol–water partition coefficient (Wildman–Crippen LogP) is 2.77. The molecule has 1 aliphatic heterocycles. The zero-order chi connectivity index (χ0) is 12.3. The third-order valence-corrected chi connectivity index (χ3v) is 3.81. The van der Waals surface area contributed by atoms with Crippen LogP contribution in [0.1, 0.15) is 25.3 Å². The molecule has 92 valence electrons. The van der Waals surface area contributed by atoms with Gasteiger partial charge in [0.05, 0.1) is 0 Å². The van der Waals surface area contributed by atoms with Gasteiger partial charge >= 0.3 is 0 Å². The largest absolute Gasteiger partial charge is 0.383 e. The number of hydrogen-bond donors (Lipinski definition) is 1. The number of likely N-dealkylation sites (N-methyl/N-ethyl adjacent to an activating group) is 1. The standard InChI is InChI=1S/C15H22N2/c1-12-9-10-15(17(12)3)13(2)16-11-14-7-5-4-6-8-14/h4-8,12,15-16H,2,9-11H2,1,3H3. The molecule has 17 heavy (non-hydrogen) atoms. The second-order valence-corrected chi connectivity index (χ2v) is 4.97. The highest BCUT2D eigenvalue weighted by Crippen LogP contribution is 2.25. The van der Waals surface area contributed by atoms with Crippen LogP contribution < -0.4 is 5.32 Å². The number of rotatable bonds is 4. The van der Waals surface area contributed by atoms with Gasteiger partial charge in [-0.2, -0.15) is 0 Å². The van der Waals surface area contributed by atoms with E-state index in [1.54, 1.807) is 0 Å². The molecule has 1 heterocycles. The van der Waals surface area contributed by atoms with Gasteiger partial charge in [0, 0.05) is 24.3 Å². The van der Waals surface area contributed by atoms with E-state index in [4.69, 9.17) is 0 Å². The highest BCUT2D eigenvalue weighted by molar-refractivity contribution is 5.16. The van der Waals surface area contributed by atoms with Crippen LogP contribution in [0.5, 0.6) is 0 Å². The van der Waals surface area contributed by atoms with Crippen molar-refractivity contribution in [3.63, 3.8) is 0 Å². The quantitative estimate of drug-likeness (QED) is 0.855. The van der Waals surface area contributed by atoms with Gasteiger partial charge in [-0.25, -0.2) is 0 Å². The fourth-order valence-electron chi connectivity index (χ4n) is 2.46. The lowest BCUT2D eigenvalue weighted by atomic mass is 10.1. The average molecular weight is 230 g/mol. The topological polar surface area (TPSA) is 15.3 Å². The highest BCUT2D eigenvalue weighted by atomic mass is 15.2. The van der Waals surface area contributed by atoms with Crippen LogP contribution in [0, 0.1) is 0 Å². The Morgan fingerprint density at radius 3 is 2.65 bits per heavy atom. The van der Waals surface area contributed by atoms with E-state index in [0.29, 0.717) is 12.1 Å². The first-order valence-electron chi connectivity index (χ1n) is 6.37. The molecule has 1 aromatic carbocycles. The minimum Gasteiger partial charge on any atom is -0.383 e. The maximum Gasteiger partial charge on any atom is 0.0489 e. The molecule has 1 aliphatic rings. The molecule has 0 amide bonds. The molecule has 2 nitrogen and oxygen atoms in total. The van der Waals surface area contributed by atoms with Crippen molar-refractivity contribution >= 4 is 0 Å². The molecule has 0 saturated carbocycles. The smallest absolute Gasteiger partial charge is 0.0489 e. The maximum absolute atomic E-state index is 4.18. The number of likely N-dealkylation sites (tertiary alicyclic amines) is 1. The molecular formula is C15H22N2. The fourth-order valence-corrected chi connectivity index (χ4v) is 2.46. The number of hydrogen-bond acceptors (Lipinski definition) is 2. The molecule has 0 aromatic heterocycles. The van der Waals surface area contributed by atoms with Crippen LogP contribution in [-0.4, -0.2) is 24.0 Å². The van der Waals surface area contributed by atoms with Crippen molar-refractivity contribution in [3.05, 3.63) is 48.2 Å². The fraction of sp³-hybridized carbons (Fsp3) is 0.467. The van der Waals surface area contributed by atoms with Gasteiger partial charge in [0.1, 0.15) is 0 Å². The lowest BCUT2D eigenvalue weighted by Crippen LogP contribution is -2.35. The van der Waals surface area contributed by atoms with E-state index in [-0.39, 0.29) is 0 Å². The van der Waals surface area contributed by atoms with E-state index >= 15 is 0 Å². The van der Waals surface area contributed by atoms with Crippen molar-refractivity contribution in [2.45, 2.75) is 38.4 Å². The van der Waals surface area contributed by atoms with Gasteiger partial charge in [0.2, 0.25) is 0 Å². The van der Waals surface area contributed by atoms with Crippen LogP contribution in [0.3, 0.4) is 0 Å². The molecule has 1 aromatic rings. The molecule has 0 bridgehead atoms. The molecule has 2 unspecified atom stereocenters. The zero-order valence-corrected chi connectivity index (χ0v) is 10.8. The lowest BCUT2D eigenvalue weighted by molar-refractivity contribution is 0.271. The van der Waals surface area contributed by atoms with Crippen molar-refractivity contribution in [1.82, 2.24) is 10.2 Å². The molecule has 0 aliphatic carbocycles. The lowest BCUT2D eigenvalue weighted by Gasteiger charge is -2.25. The summed E-state index contributed by atoms with van der Waals surface area (Å²) in [7, 11) is 2.19. The molecule has 2 rings (SSSR count). The molecule has 2 atom stereocenters. The molecular weight excluding hydrogens is 208 g/mol. The Balaban J connectivity index is 1.86. The van der Waals surface area contributed by atoms with E-state index in [1.165, 1.54) is 18.4 Å². The first-order valence-corrected chi connectivity index (χ1v) is 6.37. The Morgan fingerprint density at radius 1 is 1.35 bits per heavy atom.